The summed E-state index contributed by atoms with van der Waals surface area (Å²) in [7, 11) is 0. The topological polar surface area (TPSA) is 79.3 Å². The van der Waals surface area contributed by atoms with E-state index in [2.05, 4.69) is 10.3 Å². The monoisotopic (exact) mass is 342 g/mol. The van der Waals surface area contributed by atoms with Crippen molar-refractivity contribution in [2.45, 2.75) is 24.8 Å². The Morgan fingerprint density at radius 3 is 2.71 bits per heavy atom. The van der Waals surface area contributed by atoms with Crippen molar-refractivity contribution in [1.82, 2.24) is 10.3 Å². The number of carboxylic acid groups (broad SMARTS) is 1. The van der Waals surface area contributed by atoms with Crippen LogP contribution >= 0.6 is 34.4 Å². The second-order valence-corrected chi connectivity index (χ2v) is 7.08. The molecule has 2 heterocycles. The third-order valence-electron chi connectivity index (χ3n) is 2.78. The molecule has 112 valence electrons. The number of carboxylic acids is 1. The molecule has 2 N–H and O–H groups in total. The average Bonchev–Trinajstić information content (AvgIpc) is 3.04. The molecule has 5 nitrogen and oxygen atoms in total. The largest absolute Gasteiger partial charge is 0.477 e. The molecule has 1 unspecified atom stereocenters. The van der Waals surface area contributed by atoms with Crippen LogP contribution in [0.1, 0.15) is 43.0 Å². The third kappa shape index (κ3) is 3.45. The van der Waals surface area contributed by atoms with Crippen LogP contribution in [0.2, 0.25) is 0 Å². The van der Waals surface area contributed by atoms with Crippen LogP contribution in [-0.4, -0.2) is 28.2 Å². The molecule has 0 saturated heterocycles. The van der Waals surface area contributed by atoms with Crippen molar-refractivity contribution in [2.75, 3.05) is 6.26 Å². The number of nitrogens with zero attached hydrogens (tertiary/aromatic N) is 1. The zero-order valence-corrected chi connectivity index (χ0v) is 14.1. The van der Waals surface area contributed by atoms with Crippen molar-refractivity contribution in [1.29, 1.82) is 0 Å². The molecule has 2 rings (SSSR count). The van der Waals surface area contributed by atoms with E-state index in [1.807, 2.05) is 17.7 Å². The maximum atomic E-state index is 12.2. The van der Waals surface area contributed by atoms with E-state index in [0.717, 1.165) is 16.2 Å². The molecule has 0 fully saturated rings. The van der Waals surface area contributed by atoms with Gasteiger partial charge in [-0.25, -0.2) is 9.78 Å². The van der Waals surface area contributed by atoms with Crippen LogP contribution in [0.4, 0.5) is 0 Å². The first kappa shape index (κ1) is 16.0. The molecule has 8 heteroatoms. The summed E-state index contributed by atoms with van der Waals surface area (Å²) < 4.78 is 0. The zero-order chi connectivity index (χ0) is 15.6. The predicted molar refractivity (Wildman–Crippen MR) is 85.8 cm³/mol. The fourth-order valence-electron chi connectivity index (χ4n) is 1.75. The van der Waals surface area contributed by atoms with Crippen LogP contribution < -0.4 is 5.32 Å². The van der Waals surface area contributed by atoms with Crippen molar-refractivity contribution in [3.05, 3.63) is 31.9 Å². The lowest BCUT2D eigenvalue weighted by molar-refractivity contribution is 0.0701. The summed E-state index contributed by atoms with van der Waals surface area (Å²) in [6.45, 7) is 3.46. The molecule has 0 aliphatic rings. The maximum Gasteiger partial charge on any atom is 0.347 e. The summed E-state index contributed by atoms with van der Waals surface area (Å²) in [4.78, 5) is 29.3. The Morgan fingerprint density at radius 2 is 2.14 bits per heavy atom. The Kier molecular flexibility index (Phi) is 5.02. The Balaban J connectivity index is 2.14. The predicted octanol–water partition coefficient (Wildman–Crippen LogP) is 3.42. The summed E-state index contributed by atoms with van der Waals surface area (Å²) in [5, 5.41) is 14.4. The Morgan fingerprint density at radius 1 is 1.43 bits per heavy atom. The van der Waals surface area contributed by atoms with Crippen LogP contribution in [0, 0.1) is 6.92 Å². The molecular formula is C13H14N2O3S3. The molecule has 0 aliphatic carbocycles. The first-order chi connectivity index (χ1) is 9.93. The van der Waals surface area contributed by atoms with E-state index in [1.54, 1.807) is 13.8 Å². The number of nitrogens with one attached hydrogen (secondary N) is 1. The number of aromatic nitrogens is 1. The van der Waals surface area contributed by atoms with E-state index in [0.29, 0.717) is 15.6 Å². The Labute approximate surface area is 134 Å². The van der Waals surface area contributed by atoms with Gasteiger partial charge in [-0.15, -0.1) is 34.4 Å². The quantitative estimate of drug-likeness (QED) is 0.814. The fraction of sp³-hybridized carbons (Fsp3) is 0.308. The number of carbonyl (C=O) groups is 2. The second-order valence-electron chi connectivity index (χ2n) is 4.29. The van der Waals surface area contributed by atoms with Gasteiger partial charge < -0.3 is 10.4 Å². The highest BCUT2D eigenvalue weighted by atomic mass is 32.2. The number of hydrogen-bond donors (Lipinski definition) is 2. The molecule has 0 aromatic carbocycles. The molecular weight excluding hydrogens is 328 g/mol. The number of aromatic carboxylic acids is 1. The van der Waals surface area contributed by atoms with Crippen LogP contribution in [0.5, 0.6) is 0 Å². The minimum atomic E-state index is -0.988. The van der Waals surface area contributed by atoms with Crippen LogP contribution in [-0.2, 0) is 0 Å². The molecule has 21 heavy (non-hydrogen) atoms. The Bertz CT molecular complexity index is 678. The molecule has 1 amide bonds. The lowest BCUT2D eigenvalue weighted by Crippen LogP contribution is -2.26. The van der Waals surface area contributed by atoms with Crippen molar-refractivity contribution < 1.29 is 14.7 Å². The van der Waals surface area contributed by atoms with Crippen molar-refractivity contribution in [3.63, 3.8) is 0 Å². The summed E-state index contributed by atoms with van der Waals surface area (Å²) in [5.41, 5.74) is 0.476. The third-order valence-corrected chi connectivity index (χ3v) is 5.93. The molecule has 1 atom stereocenters. The van der Waals surface area contributed by atoms with Gasteiger partial charge in [0.2, 0.25) is 0 Å². The second kappa shape index (κ2) is 6.59. The van der Waals surface area contributed by atoms with Gasteiger partial charge in [0.1, 0.15) is 14.8 Å². The van der Waals surface area contributed by atoms with E-state index in [-0.39, 0.29) is 16.8 Å². The van der Waals surface area contributed by atoms with Gasteiger partial charge in [-0.05, 0) is 31.5 Å². The number of hydrogen-bond acceptors (Lipinski definition) is 6. The SMILES string of the molecule is CSc1ccsc1C(=O)NC(C)c1nc(C)c(C(=O)O)s1. The van der Waals surface area contributed by atoms with Crippen LogP contribution in [0.3, 0.4) is 0 Å². The lowest BCUT2D eigenvalue weighted by Gasteiger charge is -2.10. The smallest absolute Gasteiger partial charge is 0.347 e. The summed E-state index contributed by atoms with van der Waals surface area (Å²) >= 11 is 4.01. The lowest BCUT2D eigenvalue weighted by atomic mass is 10.3. The molecule has 2 aromatic rings. The minimum Gasteiger partial charge on any atom is -0.477 e. The van der Waals surface area contributed by atoms with Crippen LogP contribution in [0.15, 0.2) is 16.3 Å². The molecule has 0 spiro atoms. The van der Waals surface area contributed by atoms with Gasteiger partial charge in [0.05, 0.1) is 11.7 Å². The van der Waals surface area contributed by atoms with Gasteiger partial charge in [0, 0.05) is 4.90 Å². The maximum absolute atomic E-state index is 12.2. The van der Waals surface area contributed by atoms with Crippen LogP contribution in [0.25, 0.3) is 0 Å². The first-order valence-corrected chi connectivity index (χ1v) is 8.99. The van der Waals surface area contributed by atoms with Gasteiger partial charge in [0.25, 0.3) is 5.91 Å². The number of carbonyl (C=O) groups excluding carboxylic acids is 1. The van der Waals surface area contributed by atoms with E-state index < -0.39 is 5.97 Å². The first-order valence-electron chi connectivity index (χ1n) is 6.07. The normalized spacial score (nSPS) is 12.1. The van der Waals surface area contributed by atoms with E-state index in [4.69, 9.17) is 5.11 Å². The van der Waals surface area contributed by atoms with E-state index in [9.17, 15) is 9.59 Å². The number of amides is 1. The average molecular weight is 342 g/mol. The van der Waals surface area contributed by atoms with Crippen molar-refractivity contribution in [3.8, 4) is 0 Å². The zero-order valence-electron chi connectivity index (χ0n) is 11.7. The highest BCUT2D eigenvalue weighted by molar-refractivity contribution is 7.98. The molecule has 0 radical (unpaired) electrons. The van der Waals surface area contributed by atoms with Crippen molar-refractivity contribution >= 4 is 46.3 Å². The van der Waals surface area contributed by atoms with E-state index in [1.165, 1.54) is 23.1 Å². The molecule has 0 aliphatic heterocycles. The van der Waals surface area contributed by atoms with Gasteiger partial charge in [0.15, 0.2) is 0 Å². The Hall–Kier alpha value is -1.38. The standard InChI is InChI=1S/C13H14N2O3S3/c1-6-9(13(17)18)21-12(15-6)7(2)14-11(16)10-8(19-3)4-5-20-10/h4-5,7H,1-3H3,(H,14,16)(H,17,18). The number of aryl methyl sites for hydroxylation is 1. The number of thioether (sulfide) groups is 1. The van der Waals surface area contributed by atoms with Gasteiger partial charge in [-0.3, -0.25) is 4.79 Å². The molecule has 0 saturated carbocycles. The fourth-order valence-corrected chi connectivity index (χ4v) is 4.31. The van der Waals surface area contributed by atoms with Gasteiger partial charge in [-0.2, -0.15) is 0 Å². The number of thiophene rings is 1. The number of rotatable bonds is 5. The number of thiazole rings is 1. The summed E-state index contributed by atoms with van der Waals surface area (Å²) in [5.74, 6) is -1.15. The van der Waals surface area contributed by atoms with Gasteiger partial charge >= 0.3 is 5.97 Å². The van der Waals surface area contributed by atoms with Gasteiger partial charge in [-0.1, -0.05) is 0 Å². The van der Waals surface area contributed by atoms with E-state index >= 15 is 0 Å². The minimum absolute atomic E-state index is 0.161. The summed E-state index contributed by atoms with van der Waals surface area (Å²) in [6, 6.07) is 1.58. The highest BCUT2D eigenvalue weighted by Gasteiger charge is 2.21. The molecule has 2 aromatic heterocycles. The molecule has 0 bridgehead atoms. The summed E-state index contributed by atoms with van der Waals surface area (Å²) in [6.07, 6.45) is 1.92. The van der Waals surface area contributed by atoms with Crippen molar-refractivity contribution in [2.24, 2.45) is 0 Å². The highest BCUT2D eigenvalue weighted by Crippen LogP contribution is 2.27.